The van der Waals surface area contributed by atoms with Crippen LogP contribution in [0.3, 0.4) is 0 Å². The Bertz CT molecular complexity index is 595. The van der Waals surface area contributed by atoms with Crippen LogP contribution in [0.25, 0.3) is 0 Å². The smallest absolute Gasteiger partial charge is 0.315 e. The predicted octanol–water partition coefficient (Wildman–Crippen LogP) is 3.32. The number of carbonyl (C=O) groups is 1. The first-order chi connectivity index (χ1) is 10.2. The number of carbonyl (C=O) groups excluding carboxylic acids is 1. The molecule has 0 saturated heterocycles. The second-order valence-electron chi connectivity index (χ2n) is 4.61. The molecule has 0 unspecified atom stereocenters. The Morgan fingerprint density at radius 1 is 1.14 bits per heavy atom. The number of nitrogens with one attached hydrogen (secondary N) is 2. The molecule has 0 fully saturated rings. The van der Waals surface area contributed by atoms with Crippen LogP contribution in [0, 0.1) is 0 Å². The average Bonchev–Trinajstić information content (AvgIpc) is 2.99. The standard InChI is InChI=1S/C16H20N2O2S/c1-3-14-7-8-15(21-14)11-18-16(19)17-10-12-5-4-6-13(9-12)20-2/h4-9H,3,10-11H2,1-2H3,(H2,17,18,19). The van der Waals surface area contributed by atoms with Gasteiger partial charge in [0.05, 0.1) is 13.7 Å². The highest BCUT2D eigenvalue weighted by Gasteiger charge is 2.03. The van der Waals surface area contributed by atoms with E-state index in [1.165, 1.54) is 9.75 Å². The van der Waals surface area contributed by atoms with Gasteiger partial charge < -0.3 is 15.4 Å². The highest BCUT2D eigenvalue weighted by atomic mass is 32.1. The minimum absolute atomic E-state index is 0.163. The molecule has 5 heteroatoms. The summed E-state index contributed by atoms with van der Waals surface area (Å²) in [6.07, 6.45) is 1.03. The predicted molar refractivity (Wildman–Crippen MR) is 85.8 cm³/mol. The summed E-state index contributed by atoms with van der Waals surface area (Å²) in [4.78, 5) is 14.3. The molecule has 0 spiro atoms. The van der Waals surface area contributed by atoms with Crippen molar-refractivity contribution < 1.29 is 9.53 Å². The van der Waals surface area contributed by atoms with Crippen molar-refractivity contribution in [3.8, 4) is 5.75 Å². The summed E-state index contributed by atoms with van der Waals surface area (Å²) in [7, 11) is 1.63. The zero-order valence-corrected chi connectivity index (χ0v) is 13.1. The van der Waals surface area contributed by atoms with Gasteiger partial charge in [0.1, 0.15) is 5.75 Å². The monoisotopic (exact) mass is 304 g/mol. The third-order valence-electron chi connectivity index (χ3n) is 3.08. The number of hydrogen-bond acceptors (Lipinski definition) is 3. The summed E-state index contributed by atoms with van der Waals surface area (Å²) >= 11 is 1.74. The number of thiophene rings is 1. The van der Waals surface area contributed by atoms with Crippen molar-refractivity contribution in [2.24, 2.45) is 0 Å². The summed E-state index contributed by atoms with van der Waals surface area (Å²) in [5, 5.41) is 5.70. The zero-order valence-electron chi connectivity index (χ0n) is 12.3. The Morgan fingerprint density at radius 2 is 1.90 bits per heavy atom. The second kappa shape index (κ2) is 7.69. The van der Waals surface area contributed by atoms with E-state index in [0.717, 1.165) is 17.7 Å². The maximum atomic E-state index is 11.8. The maximum absolute atomic E-state index is 11.8. The molecule has 0 aliphatic heterocycles. The fraction of sp³-hybridized carbons (Fsp3) is 0.312. The van der Waals surface area contributed by atoms with Gasteiger partial charge in [-0.25, -0.2) is 4.79 Å². The molecule has 1 heterocycles. The molecule has 0 atom stereocenters. The summed E-state index contributed by atoms with van der Waals surface area (Å²) in [6, 6.07) is 11.7. The summed E-state index contributed by atoms with van der Waals surface area (Å²) in [5.41, 5.74) is 1.01. The quantitative estimate of drug-likeness (QED) is 0.860. The van der Waals surface area contributed by atoms with Crippen molar-refractivity contribution in [2.45, 2.75) is 26.4 Å². The molecule has 1 aromatic heterocycles. The van der Waals surface area contributed by atoms with Gasteiger partial charge in [-0.1, -0.05) is 19.1 Å². The molecular weight excluding hydrogens is 284 g/mol. The largest absolute Gasteiger partial charge is 0.497 e. The number of aryl methyl sites for hydroxylation is 1. The van der Waals surface area contributed by atoms with Gasteiger partial charge in [0.2, 0.25) is 0 Å². The van der Waals surface area contributed by atoms with Crippen molar-refractivity contribution in [1.29, 1.82) is 0 Å². The minimum Gasteiger partial charge on any atom is -0.497 e. The van der Waals surface area contributed by atoms with Crippen LogP contribution < -0.4 is 15.4 Å². The fourth-order valence-electron chi connectivity index (χ4n) is 1.90. The number of urea groups is 1. The number of rotatable bonds is 6. The minimum atomic E-state index is -0.163. The van der Waals surface area contributed by atoms with Crippen LogP contribution in [-0.2, 0) is 19.5 Å². The van der Waals surface area contributed by atoms with Gasteiger partial charge in [-0.05, 0) is 36.2 Å². The number of benzene rings is 1. The summed E-state index contributed by atoms with van der Waals surface area (Å²) < 4.78 is 5.15. The highest BCUT2D eigenvalue weighted by molar-refractivity contribution is 7.11. The molecule has 1 aromatic carbocycles. The molecule has 2 rings (SSSR count). The third-order valence-corrected chi connectivity index (χ3v) is 4.31. The van der Waals surface area contributed by atoms with Crippen LogP contribution in [0.4, 0.5) is 4.79 Å². The summed E-state index contributed by atoms with van der Waals surface area (Å²) in [5.74, 6) is 0.792. The van der Waals surface area contributed by atoms with Crippen LogP contribution in [0.1, 0.15) is 22.2 Å². The molecule has 2 amide bonds. The Morgan fingerprint density at radius 3 is 2.62 bits per heavy atom. The van der Waals surface area contributed by atoms with Crippen molar-refractivity contribution in [1.82, 2.24) is 10.6 Å². The SMILES string of the molecule is CCc1ccc(CNC(=O)NCc2cccc(OC)c2)s1. The lowest BCUT2D eigenvalue weighted by molar-refractivity contribution is 0.240. The molecule has 21 heavy (non-hydrogen) atoms. The van der Waals surface area contributed by atoms with Crippen molar-refractivity contribution in [3.05, 3.63) is 51.7 Å². The van der Waals surface area contributed by atoms with E-state index >= 15 is 0 Å². The van der Waals surface area contributed by atoms with E-state index in [0.29, 0.717) is 13.1 Å². The molecule has 0 radical (unpaired) electrons. The van der Waals surface area contributed by atoms with Gasteiger partial charge >= 0.3 is 6.03 Å². The van der Waals surface area contributed by atoms with Crippen LogP contribution >= 0.6 is 11.3 Å². The van der Waals surface area contributed by atoms with E-state index in [1.807, 2.05) is 24.3 Å². The van der Waals surface area contributed by atoms with Gasteiger partial charge in [-0.3, -0.25) is 0 Å². The zero-order chi connectivity index (χ0) is 15.1. The third kappa shape index (κ3) is 4.79. The maximum Gasteiger partial charge on any atom is 0.315 e. The first kappa shape index (κ1) is 15.4. The number of amides is 2. The number of hydrogen-bond donors (Lipinski definition) is 2. The van der Waals surface area contributed by atoms with Crippen molar-refractivity contribution >= 4 is 17.4 Å². The molecule has 112 valence electrons. The Hall–Kier alpha value is -2.01. The Balaban J connectivity index is 1.76. The average molecular weight is 304 g/mol. The lowest BCUT2D eigenvalue weighted by Crippen LogP contribution is -2.34. The molecule has 0 aliphatic rings. The summed E-state index contributed by atoms with van der Waals surface area (Å²) in [6.45, 7) is 3.17. The van der Waals surface area contributed by atoms with Gasteiger partial charge in [0.15, 0.2) is 0 Å². The molecule has 2 aromatic rings. The van der Waals surface area contributed by atoms with E-state index in [-0.39, 0.29) is 6.03 Å². The van der Waals surface area contributed by atoms with Gasteiger partial charge in [0.25, 0.3) is 0 Å². The number of methoxy groups -OCH3 is 1. The molecule has 0 aliphatic carbocycles. The first-order valence-electron chi connectivity index (χ1n) is 6.93. The first-order valence-corrected chi connectivity index (χ1v) is 7.75. The normalized spacial score (nSPS) is 10.2. The molecule has 0 bridgehead atoms. The lowest BCUT2D eigenvalue weighted by atomic mass is 10.2. The van der Waals surface area contributed by atoms with Crippen LogP contribution in [-0.4, -0.2) is 13.1 Å². The van der Waals surface area contributed by atoms with Crippen LogP contribution in [0.5, 0.6) is 5.75 Å². The van der Waals surface area contributed by atoms with Crippen LogP contribution in [0.15, 0.2) is 36.4 Å². The second-order valence-corrected chi connectivity index (χ2v) is 5.86. The molecule has 4 nitrogen and oxygen atoms in total. The van der Waals surface area contributed by atoms with Crippen molar-refractivity contribution in [2.75, 3.05) is 7.11 Å². The Kier molecular flexibility index (Phi) is 5.63. The molecular formula is C16H20N2O2S. The van der Waals surface area contributed by atoms with Crippen LogP contribution in [0.2, 0.25) is 0 Å². The number of ether oxygens (including phenoxy) is 1. The van der Waals surface area contributed by atoms with E-state index in [4.69, 9.17) is 4.74 Å². The van der Waals surface area contributed by atoms with Gasteiger partial charge in [0, 0.05) is 16.3 Å². The molecule has 2 N–H and O–H groups in total. The van der Waals surface area contributed by atoms with E-state index in [2.05, 4.69) is 29.7 Å². The highest BCUT2D eigenvalue weighted by Crippen LogP contribution is 2.16. The van der Waals surface area contributed by atoms with Crippen molar-refractivity contribution in [3.63, 3.8) is 0 Å². The van der Waals surface area contributed by atoms with E-state index in [9.17, 15) is 4.79 Å². The fourth-order valence-corrected chi connectivity index (χ4v) is 2.80. The Labute approximate surface area is 129 Å². The molecule has 0 saturated carbocycles. The van der Waals surface area contributed by atoms with Gasteiger partial charge in [-0.15, -0.1) is 11.3 Å². The topological polar surface area (TPSA) is 50.4 Å². The van der Waals surface area contributed by atoms with E-state index in [1.54, 1.807) is 18.4 Å². The van der Waals surface area contributed by atoms with E-state index < -0.39 is 0 Å². The lowest BCUT2D eigenvalue weighted by Gasteiger charge is -2.08. The van der Waals surface area contributed by atoms with Gasteiger partial charge in [-0.2, -0.15) is 0 Å².